The number of rotatable bonds is 7. The standard InChI is InChI=1S/C21H30N2/c1-6-13-23(18(4)5)21-12-14-22(16-20(21)17(2)3)15-19-10-8-7-9-11-19/h7-11H,2,4,6,12-16H2,1,3,5H3. The summed E-state index contributed by atoms with van der Waals surface area (Å²) in [5.74, 6) is 0. The van der Waals surface area contributed by atoms with Crippen molar-refractivity contribution in [2.75, 3.05) is 19.6 Å². The zero-order valence-corrected chi connectivity index (χ0v) is 14.9. The molecule has 0 unspecified atom stereocenters. The van der Waals surface area contributed by atoms with Gasteiger partial charge in [-0.2, -0.15) is 0 Å². The van der Waals surface area contributed by atoms with Crippen molar-refractivity contribution in [1.82, 2.24) is 9.80 Å². The summed E-state index contributed by atoms with van der Waals surface area (Å²) in [6, 6.07) is 10.7. The van der Waals surface area contributed by atoms with Crippen molar-refractivity contribution in [2.45, 2.75) is 40.2 Å². The summed E-state index contributed by atoms with van der Waals surface area (Å²) in [7, 11) is 0. The molecular formula is C21H30N2. The van der Waals surface area contributed by atoms with E-state index in [4.69, 9.17) is 0 Å². The lowest BCUT2D eigenvalue weighted by atomic mass is 9.98. The van der Waals surface area contributed by atoms with Gasteiger partial charge in [0.2, 0.25) is 0 Å². The van der Waals surface area contributed by atoms with Gasteiger partial charge < -0.3 is 4.90 Å². The minimum Gasteiger partial charge on any atom is -0.349 e. The normalized spacial score (nSPS) is 15.6. The Bertz CT molecular complexity index is 583. The molecule has 2 rings (SSSR count). The van der Waals surface area contributed by atoms with Crippen LogP contribution in [-0.2, 0) is 6.54 Å². The quantitative estimate of drug-likeness (QED) is 0.701. The number of hydrogen-bond donors (Lipinski definition) is 0. The summed E-state index contributed by atoms with van der Waals surface area (Å²) in [5.41, 5.74) is 6.51. The topological polar surface area (TPSA) is 6.48 Å². The molecule has 1 aliphatic rings. The van der Waals surface area contributed by atoms with Gasteiger partial charge in [-0.25, -0.2) is 0 Å². The summed E-state index contributed by atoms with van der Waals surface area (Å²) in [6.07, 6.45) is 2.20. The fraction of sp³-hybridized carbons (Fsp3) is 0.429. The monoisotopic (exact) mass is 310 g/mol. The van der Waals surface area contributed by atoms with Crippen LogP contribution in [-0.4, -0.2) is 29.4 Å². The highest BCUT2D eigenvalue weighted by Gasteiger charge is 2.23. The van der Waals surface area contributed by atoms with E-state index < -0.39 is 0 Å². The molecule has 2 heteroatoms. The first-order valence-corrected chi connectivity index (χ1v) is 8.60. The van der Waals surface area contributed by atoms with Gasteiger partial charge >= 0.3 is 0 Å². The van der Waals surface area contributed by atoms with Gasteiger partial charge in [-0.3, -0.25) is 4.90 Å². The van der Waals surface area contributed by atoms with Crippen LogP contribution < -0.4 is 0 Å². The van der Waals surface area contributed by atoms with Crippen molar-refractivity contribution >= 4 is 0 Å². The summed E-state index contributed by atoms with van der Waals surface area (Å²) < 4.78 is 0. The maximum Gasteiger partial charge on any atom is 0.0257 e. The van der Waals surface area contributed by atoms with Crippen LogP contribution in [0.5, 0.6) is 0 Å². The van der Waals surface area contributed by atoms with Gasteiger partial charge in [0.1, 0.15) is 0 Å². The van der Waals surface area contributed by atoms with E-state index in [2.05, 4.69) is 74.1 Å². The third-order valence-corrected chi connectivity index (χ3v) is 4.39. The molecule has 2 nitrogen and oxygen atoms in total. The predicted molar refractivity (Wildman–Crippen MR) is 100.0 cm³/mol. The van der Waals surface area contributed by atoms with Crippen molar-refractivity contribution in [3.8, 4) is 0 Å². The molecule has 0 bridgehead atoms. The fourth-order valence-electron chi connectivity index (χ4n) is 3.24. The van der Waals surface area contributed by atoms with Gasteiger partial charge in [0, 0.05) is 44.0 Å². The van der Waals surface area contributed by atoms with Gasteiger partial charge in [0.15, 0.2) is 0 Å². The van der Waals surface area contributed by atoms with Crippen LogP contribution in [0, 0.1) is 0 Å². The maximum atomic E-state index is 4.23. The van der Waals surface area contributed by atoms with Crippen LogP contribution >= 0.6 is 0 Å². The lowest BCUT2D eigenvalue weighted by Crippen LogP contribution is -2.36. The van der Waals surface area contributed by atoms with Crippen LogP contribution in [0.3, 0.4) is 0 Å². The first-order chi connectivity index (χ1) is 11.0. The molecule has 1 aromatic carbocycles. The fourth-order valence-corrected chi connectivity index (χ4v) is 3.24. The average Bonchev–Trinajstić information content (AvgIpc) is 2.53. The highest BCUT2D eigenvalue weighted by atomic mass is 15.2. The first-order valence-electron chi connectivity index (χ1n) is 8.60. The molecule has 0 spiro atoms. The van der Waals surface area contributed by atoms with Crippen LogP contribution in [0.1, 0.15) is 39.2 Å². The molecule has 1 aromatic rings. The molecule has 23 heavy (non-hydrogen) atoms. The predicted octanol–water partition coefficient (Wildman–Crippen LogP) is 4.97. The lowest BCUT2D eigenvalue weighted by molar-refractivity contribution is 0.255. The van der Waals surface area contributed by atoms with E-state index in [0.717, 1.165) is 44.7 Å². The summed E-state index contributed by atoms with van der Waals surface area (Å²) >= 11 is 0. The van der Waals surface area contributed by atoms with Crippen molar-refractivity contribution in [3.63, 3.8) is 0 Å². The number of nitrogens with zero attached hydrogens (tertiary/aromatic N) is 2. The molecule has 124 valence electrons. The SMILES string of the molecule is C=C(C)C1=C(N(CCC)C(=C)C)CCN(Cc2ccccc2)C1. The Morgan fingerprint density at radius 1 is 1.17 bits per heavy atom. The molecule has 0 N–H and O–H groups in total. The second kappa shape index (κ2) is 8.16. The molecule has 0 saturated heterocycles. The minimum absolute atomic E-state index is 0.979. The Hall–Kier alpha value is -1.80. The van der Waals surface area contributed by atoms with E-state index in [-0.39, 0.29) is 0 Å². The second-order valence-corrected chi connectivity index (χ2v) is 6.54. The molecule has 0 fully saturated rings. The lowest BCUT2D eigenvalue weighted by Gasteiger charge is -2.37. The molecule has 0 saturated carbocycles. The van der Waals surface area contributed by atoms with Crippen LogP contribution in [0.25, 0.3) is 0 Å². The Morgan fingerprint density at radius 3 is 2.43 bits per heavy atom. The van der Waals surface area contributed by atoms with Crippen LogP contribution in [0.4, 0.5) is 0 Å². The number of hydrogen-bond acceptors (Lipinski definition) is 2. The maximum absolute atomic E-state index is 4.23. The largest absolute Gasteiger partial charge is 0.349 e. The second-order valence-electron chi connectivity index (χ2n) is 6.54. The Labute approximate surface area is 141 Å². The smallest absolute Gasteiger partial charge is 0.0257 e. The van der Waals surface area contributed by atoms with E-state index in [0.29, 0.717) is 0 Å². The van der Waals surface area contributed by atoms with Crippen molar-refractivity contribution in [1.29, 1.82) is 0 Å². The van der Waals surface area contributed by atoms with Gasteiger partial charge in [-0.1, -0.05) is 56.0 Å². The Kier molecular flexibility index (Phi) is 6.23. The molecule has 1 heterocycles. The first kappa shape index (κ1) is 17.6. The molecule has 1 aliphatic heterocycles. The van der Waals surface area contributed by atoms with Gasteiger partial charge in [-0.15, -0.1) is 0 Å². The summed E-state index contributed by atoms with van der Waals surface area (Å²) in [4.78, 5) is 4.91. The van der Waals surface area contributed by atoms with Crippen molar-refractivity contribution in [3.05, 3.63) is 71.6 Å². The van der Waals surface area contributed by atoms with E-state index in [9.17, 15) is 0 Å². The molecule has 0 radical (unpaired) electrons. The molecule has 0 amide bonds. The number of allylic oxidation sites excluding steroid dienone is 1. The number of benzene rings is 1. The van der Waals surface area contributed by atoms with Gasteiger partial charge in [0.25, 0.3) is 0 Å². The van der Waals surface area contributed by atoms with Gasteiger partial charge in [-0.05, 0) is 31.4 Å². The van der Waals surface area contributed by atoms with Crippen LogP contribution in [0.2, 0.25) is 0 Å². The summed E-state index contributed by atoms with van der Waals surface area (Å²) in [6.45, 7) is 19.0. The van der Waals surface area contributed by atoms with Crippen molar-refractivity contribution in [2.24, 2.45) is 0 Å². The molecule has 0 aromatic heterocycles. The highest BCUT2D eigenvalue weighted by Crippen LogP contribution is 2.29. The third-order valence-electron chi connectivity index (χ3n) is 4.39. The Balaban J connectivity index is 2.20. The van der Waals surface area contributed by atoms with E-state index in [1.54, 1.807) is 0 Å². The minimum atomic E-state index is 0.979. The summed E-state index contributed by atoms with van der Waals surface area (Å²) in [5, 5.41) is 0. The molecule has 0 atom stereocenters. The average molecular weight is 310 g/mol. The zero-order chi connectivity index (χ0) is 16.8. The van der Waals surface area contributed by atoms with Crippen LogP contribution in [0.15, 0.2) is 66.0 Å². The molecule has 0 aliphatic carbocycles. The Morgan fingerprint density at radius 2 is 1.87 bits per heavy atom. The van der Waals surface area contributed by atoms with E-state index in [1.807, 2.05) is 0 Å². The zero-order valence-electron chi connectivity index (χ0n) is 14.9. The van der Waals surface area contributed by atoms with Crippen molar-refractivity contribution < 1.29 is 0 Å². The third kappa shape index (κ3) is 4.59. The highest BCUT2D eigenvalue weighted by molar-refractivity contribution is 5.36. The molecular weight excluding hydrogens is 280 g/mol. The van der Waals surface area contributed by atoms with Gasteiger partial charge in [0.05, 0.1) is 0 Å². The van der Waals surface area contributed by atoms with E-state index >= 15 is 0 Å². The van der Waals surface area contributed by atoms with E-state index in [1.165, 1.54) is 22.4 Å².